The van der Waals surface area contributed by atoms with Crippen LogP contribution >= 0.6 is 0 Å². The van der Waals surface area contributed by atoms with E-state index >= 15 is 0 Å². The summed E-state index contributed by atoms with van der Waals surface area (Å²) in [5.74, 6) is 1.15. The highest BCUT2D eigenvalue weighted by atomic mass is 32.2. The third-order valence-electron chi connectivity index (χ3n) is 4.61. The summed E-state index contributed by atoms with van der Waals surface area (Å²) >= 11 is 0. The van der Waals surface area contributed by atoms with Crippen molar-refractivity contribution in [3.63, 3.8) is 0 Å². The predicted molar refractivity (Wildman–Crippen MR) is 122 cm³/mol. The molecule has 0 spiro atoms. The van der Waals surface area contributed by atoms with Gasteiger partial charge in [-0.05, 0) is 36.4 Å². The lowest BCUT2D eigenvalue weighted by atomic mass is 10.2. The average molecular weight is 457 g/mol. The summed E-state index contributed by atoms with van der Waals surface area (Å²) in [4.78, 5) is 12.4. The van der Waals surface area contributed by atoms with Gasteiger partial charge >= 0.3 is 0 Å². The van der Waals surface area contributed by atoms with Gasteiger partial charge in [0, 0.05) is 30.9 Å². The molecule has 0 bridgehead atoms. The first-order valence-electron chi connectivity index (χ1n) is 9.63. The van der Waals surface area contributed by atoms with Crippen LogP contribution in [0.15, 0.2) is 77.7 Å². The number of sulfonamides is 1. The molecule has 0 aliphatic carbocycles. The smallest absolute Gasteiger partial charge is 0.264 e. The normalized spacial score (nSPS) is 10.8. The van der Waals surface area contributed by atoms with Crippen LogP contribution in [-0.2, 0) is 14.8 Å². The molecular weight excluding hydrogens is 432 g/mol. The quantitative estimate of drug-likeness (QED) is 0.529. The Bertz CT molecular complexity index is 1140. The van der Waals surface area contributed by atoms with Gasteiger partial charge in [0.05, 0.1) is 24.8 Å². The fourth-order valence-electron chi connectivity index (χ4n) is 2.87. The van der Waals surface area contributed by atoms with Crippen LogP contribution in [0.3, 0.4) is 0 Å². The molecule has 0 aliphatic heterocycles. The average Bonchev–Trinajstić information content (AvgIpc) is 2.82. The highest BCUT2D eigenvalue weighted by Gasteiger charge is 2.20. The first-order chi connectivity index (χ1) is 15.3. The molecule has 3 aromatic carbocycles. The van der Waals surface area contributed by atoms with Crippen molar-refractivity contribution in [2.24, 2.45) is 0 Å². The van der Waals surface area contributed by atoms with Crippen molar-refractivity contribution in [3.05, 3.63) is 72.8 Å². The second-order valence-corrected chi connectivity index (χ2v) is 8.69. The molecule has 0 fully saturated rings. The van der Waals surface area contributed by atoms with Crippen LogP contribution in [0.1, 0.15) is 0 Å². The minimum Gasteiger partial charge on any atom is -0.497 e. The van der Waals surface area contributed by atoms with Gasteiger partial charge in [0.2, 0.25) is 0 Å². The number of methoxy groups -OCH3 is 2. The molecule has 0 aromatic heterocycles. The molecule has 0 heterocycles. The molecule has 3 rings (SSSR count). The molecule has 1 N–H and O–H groups in total. The van der Waals surface area contributed by atoms with E-state index in [9.17, 15) is 13.2 Å². The molecule has 32 heavy (non-hydrogen) atoms. The lowest BCUT2D eigenvalue weighted by Gasteiger charge is -2.19. The van der Waals surface area contributed by atoms with Gasteiger partial charge in [-0.1, -0.05) is 18.2 Å². The number of nitrogens with one attached hydrogen (secondary N) is 1. The van der Waals surface area contributed by atoms with Gasteiger partial charge in [-0.2, -0.15) is 0 Å². The van der Waals surface area contributed by atoms with Gasteiger partial charge in [0.25, 0.3) is 15.9 Å². The lowest BCUT2D eigenvalue weighted by Crippen LogP contribution is -2.26. The highest BCUT2D eigenvalue weighted by Crippen LogP contribution is 2.26. The number of ether oxygens (including phenoxy) is 3. The summed E-state index contributed by atoms with van der Waals surface area (Å²) in [7, 11) is 0.858. The molecule has 8 nitrogen and oxygen atoms in total. The van der Waals surface area contributed by atoms with E-state index in [1.54, 1.807) is 72.8 Å². The molecule has 0 radical (unpaired) electrons. The summed E-state index contributed by atoms with van der Waals surface area (Å²) in [5, 5.41) is 2.72. The van der Waals surface area contributed by atoms with Crippen LogP contribution < -0.4 is 23.8 Å². The number of hydrogen-bond donors (Lipinski definition) is 1. The molecular formula is C23H24N2O6S. The van der Waals surface area contributed by atoms with E-state index in [-0.39, 0.29) is 17.4 Å². The van der Waals surface area contributed by atoms with E-state index < -0.39 is 10.0 Å². The summed E-state index contributed by atoms with van der Waals surface area (Å²) < 4.78 is 42.5. The molecule has 3 aromatic rings. The molecule has 168 valence electrons. The Hall–Kier alpha value is -3.72. The van der Waals surface area contributed by atoms with Crippen molar-refractivity contribution in [1.29, 1.82) is 0 Å². The fourth-order valence-corrected chi connectivity index (χ4v) is 4.08. The number of hydrogen-bond acceptors (Lipinski definition) is 6. The van der Waals surface area contributed by atoms with Gasteiger partial charge in [-0.25, -0.2) is 8.42 Å². The first-order valence-corrected chi connectivity index (χ1v) is 11.1. The predicted octanol–water partition coefficient (Wildman–Crippen LogP) is 3.55. The van der Waals surface area contributed by atoms with Crippen molar-refractivity contribution in [2.45, 2.75) is 4.90 Å². The second-order valence-electron chi connectivity index (χ2n) is 6.72. The highest BCUT2D eigenvalue weighted by molar-refractivity contribution is 7.92. The van der Waals surface area contributed by atoms with Crippen molar-refractivity contribution in [3.8, 4) is 17.2 Å². The van der Waals surface area contributed by atoms with Crippen LogP contribution in [0.4, 0.5) is 11.4 Å². The van der Waals surface area contributed by atoms with E-state index in [1.807, 2.05) is 0 Å². The van der Waals surface area contributed by atoms with Gasteiger partial charge in [-0.15, -0.1) is 0 Å². The van der Waals surface area contributed by atoms with Crippen LogP contribution in [-0.4, -0.2) is 42.2 Å². The Balaban J connectivity index is 1.61. The van der Waals surface area contributed by atoms with Crippen molar-refractivity contribution < 1.29 is 27.4 Å². The second kappa shape index (κ2) is 10.1. The summed E-state index contributed by atoms with van der Waals surface area (Å²) in [6, 6.07) is 19.6. The Morgan fingerprint density at radius 1 is 0.875 bits per heavy atom. The zero-order chi connectivity index (χ0) is 23.1. The zero-order valence-corrected chi connectivity index (χ0v) is 18.8. The van der Waals surface area contributed by atoms with Crippen molar-refractivity contribution in [2.75, 3.05) is 37.5 Å². The number of carbonyl (C=O) groups excluding carboxylic acids is 1. The van der Waals surface area contributed by atoms with Crippen LogP contribution in [0.5, 0.6) is 17.2 Å². The molecule has 0 atom stereocenters. The number of amides is 1. The fraction of sp³-hybridized carbons (Fsp3) is 0.174. The van der Waals surface area contributed by atoms with Crippen LogP contribution in [0, 0.1) is 0 Å². The Morgan fingerprint density at radius 3 is 2.03 bits per heavy atom. The third kappa shape index (κ3) is 5.50. The molecule has 9 heteroatoms. The summed E-state index contributed by atoms with van der Waals surface area (Å²) in [6.45, 7) is -0.225. The summed E-state index contributed by atoms with van der Waals surface area (Å²) in [6.07, 6.45) is 0. The topological polar surface area (TPSA) is 94.2 Å². The van der Waals surface area contributed by atoms with E-state index in [2.05, 4.69) is 5.32 Å². The zero-order valence-electron chi connectivity index (χ0n) is 17.9. The van der Waals surface area contributed by atoms with E-state index in [4.69, 9.17) is 14.2 Å². The largest absolute Gasteiger partial charge is 0.497 e. The maximum absolute atomic E-state index is 12.7. The number of anilines is 2. The first kappa shape index (κ1) is 23.0. The van der Waals surface area contributed by atoms with Crippen molar-refractivity contribution >= 4 is 27.3 Å². The van der Waals surface area contributed by atoms with Gasteiger partial charge < -0.3 is 19.5 Å². The Morgan fingerprint density at radius 2 is 1.47 bits per heavy atom. The molecule has 1 amide bonds. The van der Waals surface area contributed by atoms with Crippen LogP contribution in [0.25, 0.3) is 0 Å². The Kier molecular flexibility index (Phi) is 7.21. The number of rotatable bonds is 9. The van der Waals surface area contributed by atoms with E-state index in [0.29, 0.717) is 28.6 Å². The van der Waals surface area contributed by atoms with E-state index in [0.717, 1.165) is 0 Å². The SMILES string of the molecule is COc1cc(NC(=O)COc2ccc(N(C)S(=O)(=O)c3ccccc3)cc2)cc(OC)c1. The monoisotopic (exact) mass is 456 g/mol. The molecule has 0 saturated carbocycles. The lowest BCUT2D eigenvalue weighted by molar-refractivity contribution is -0.118. The molecule has 0 saturated heterocycles. The Labute approximate surface area is 187 Å². The minimum atomic E-state index is -3.67. The van der Waals surface area contributed by atoms with Crippen molar-refractivity contribution in [1.82, 2.24) is 0 Å². The van der Waals surface area contributed by atoms with Gasteiger partial charge in [0.15, 0.2) is 6.61 Å². The van der Waals surface area contributed by atoms with Gasteiger partial charge in [0.1, 0.15) is 17.2 Å². The maximum atomic E-state index is 12.7. The van der Waals surface area contributed by atoms with E-state index in [1.165, 1.54) is 25.6 Å². The summed E-state index contributed by atoms with van der Waals surface area (Å²) in [5.41, 5.74) is 0.979. The van der Waals surface area contributed by atoms with Gasteiger partial charge in [-0.3, -0.25) is 9.10 Å². The molecule has 0 unspecified atom stereocenters. The minimum absolute atomic E-state index is 0.202. The number of benzene rings is 3. The third-order valence-corrected chi connectivity index (χ3v) is 6.41. The van der Waals surface area contributed by atoms with Crippen LogP contribution in [0.2, 0.25) is 0 Å². The maximum Gasteiger partial charge on any atom is 0.264 e. The standard InChI is InChI=1S/C23H24N2O6S/c1-25(32(27,28)22-7-5-4-6-8-22)18-9-11-19(12-10-18)31-16-23(26)24-17-13-20(29-2)15-21(14-17)30-3/h4-15H,16H2,1-3H3,(H,24,26). The number of nitrogens with zero attached hydrogens (tertiary/aromatic N) is 1. The molecule has 0 aliphatic rings. The number of carbonyl (C=O) groups is 1.